The van der Waals surface area contributed by atoms with E-state index in [1.807, 2.05) is 25.2 Å². The number of nitrogens with zero attached hydrogens (tertiary/aromatic N) is 2. The van der Waals surface area contributed by atoms with Gasteiger partial charge >= 0.3 is 0 Å². The van der Waals surface area contributed by atoms with Crippen molar-refractivity contribution >= 4 is 11.8 Å². The minimum absolute atomic E-state index is 0.347. The summed E-state index contributed by atoms with van der Waals surface area (Å²) in [6.07, 6.45) is 0.763. The number of hydrogen-bond acceptors (Lipinski definition) is 5. The van der Waals surface area contributed by atoms with E-state index in [1.165, 1.54) is 4.90 Å². The highest BCUT2D eigenvalue weighted by atomic mass is 32.2. The molecule has 1 heterocycles. The molecule has 1 unspecified atom stereocenters. The molecular weight excluding hydrogens is 246 g/mol. The highest BCUT2D eigenvalue weighted by molar-refractivity contribution is 7.98. The quantitative estimate of drug-likeness (QED) is 0.812. The van der Waals surface area contributed by atoms with Gasteiger partial charge in [0.2, 0.25) is 5.89 Å². The lowest BCUT2D eigenvalue weighted by Gasteiger charge is -2.04. The standard InChI is InChI=1S/C13H17N3OS/c1-10(14-2)8-13-15-12(16-17-13)9-18-11-6-4-3-5-7-11/h3-7,10,14H,8-9H2,1-2H3. The molecule has 0 amide bonds. The Morgan fingerprint density at radius 3 is 2.83 bits per heavy atom. The molecule has 2 aromatic rings. The SMILES string of the molecule is CNC(C)Cc1nc(CSc2ccccc2)no1. The predicted octanol–water partition coefficient (Wildman–Crippen LogP) is 2.51. The second kappa shape index (κ2) is 6.56. The Bertz CT molecular complexity index is 472. The molecule has 0 radical (unpaired) electrons. The summed E-state index contributed by atoms with van der Waals surface area (Å²) >= 11 is 1.71. The van der Waals surface area contributed by atoms with Gasteiger partial charge in [-0.25, -0.2) is 0 Å². The first-order chi connectivity index (χ1) is 8.78. The molecule has 0 saturated carbocycles. The first-order valence-corrected chi connectivity index (χ1v) is 6.93. The van der Waals surface area contributed by atoms with Gasteiger partial charge in [0.25, 0.3) is 0 Å². The zero-order valence-electron chi connectivity index (χ0n) is 10.6. The Morgan fingerprint density at radius 2 is 2.11 bits per heavy atom. The molecule has 1 aromatic carbocycles. The zero-order chi connectivity index (χ0) is 12.8. The maximum absolute atomic E-state index is 5.21. The number of hydrogen-bond donors (Lipinski definition) is 1. The van der Waals surface area contributed by atoms with Gasteiger partial charge in [-0.15, -0.1) is 11.8 Å². The van der Waals surface area contributed by atoms with Crippen LogP contribution in [0.3, 0.4) is 0 Å². The molecular formula is C13H17N3OS. The summed E-state index contributed by atoms with van der Waals surface area (Å²) in [5.41, 5.74) is 0. The van der Waals surface area contributed by atoms with E-state index >= 15 is 0 Å². The smallest absolute Gasteiger partial charge is 0.228 e. The van der Waals surface area contributed by atoms with Gasteiger partial charge in [-0.2, -0.15) is 4.98 Å². The van der Waals surface area contributed by atoms with Crippen molar-refractivity contribution in [2.75, 3.05) is 7.05 Å². The van der Waals surface area contributed by atoms with E-state index in [4.69, 9.17) is 4.52 Å². The fourth-order valence-corrected chi connectivity index (χ4v) is 2.22. The van der Waals surface area contributed by atoms with Crippen LogP contribution in [0.5, 0.6) is 0 Å². The van der Waals surface area contributed by atoms with Crippen LogP contribution in [0.2, 0.25) is 0 Å². The van der Waals surface area contributed by atoms with Crippen LogP contribution in [0.4, 0.5) is 0 Å². The molecule has 0 fully saturated rings. The third-order valence-corrected chi connectivity index (χ3v) is 3.60. The van der Waals surface area contributed by atoms with E-state index < -0.39 is 0 Å². The first kappa shape index (κ1) is 13.1. The Balaban J connectivity index is 1.87. The van der Waals surface area contributed by atoms with Crippen LogP contribution in [-0.2, 0) is 12.2 Å². The van der Waals surface area contributed by atoms with Crippen molar-refractivity contribution in [1.29, 1.82) is 0 Å². The van der Waals surface area contributed by atoms with E-state index in [2.05, 4.69) is 34.5 Å². The topological polar surface area (TPSA) is 51.0 Å². The van der Waals surface area contributed by atoms with E-state index in [-0.39, 0.29) is 0 Å². The van der Waals surface area contributed by atoms with Crippen molar-refractivity contribution in [3.05, 3.63) is 42.0 Å². The molecule has 0 aliphatic heterocycles. The summed E-state index contributed by atoms with van der Waals surface area (Å²) in [6, 6.07) is 10.6. The molecule has 0 saturated heterocycles. The number of benzene rings is 1. The average Bonchev–Trinajstić information content (AvgIpc) is 2.85. The Morgan fingerprint density at radius 1 is 1.33 bits per heavy atom. The van der Waals surface area contributed by atoms with Gasteiger partial charge in [0, 0.05) is 17.4 Å². The first-order valence-electron chi connectivity index (χ1n) is 5.94. The van der Waals surface area contributed by atoms with Crippen LogP contribution in [0.1, 0.15) is 18.6 Å². The Hall–Kier alpha value is -1.33. The molecule has 0 spiro atoms. The number of rotatable bonds is 6. The summed E-state index contributed by atoms with van der Waals surface area (Å²) in [5.74, 6) is 2.18. The van der Waals surface area contributed by atoms with E-state index in [1.54, 1.807) is 11.8 Å². The zero-order valence-corrected chi connectivity index (χ0v) is 11.4. The Labute approximate surface area is 111 Å². The number of likely N-dealkylation sites (N-methyl/N-ethyl adjacent to an activating group) is 1. The molecule has 4 nitrogen and oxygen atoms in total. The van der Waals surface area contributed by atoms with Crippen LogP contribution in [0.25, 0.3) is 0 Å². The molecule has 18 heavy (non-hydrogen) atoms. The monoisotopic (exact) mass is 263 g/mol. The highest BCUT2D eigenvalue weighted by Gasteiger charge is 2.09. The van der Waals surface area contributed by atoms with Gasteiger partial charge in [0.1, 0.15) is 0 Å². The lowest BCUT2D eigenvalue weighted by atomic mass is 10.2. The van der Waals surface area contributed by atoms with E-state index in [9.17, 15) is 0 Å². The van der Waals surface area contributed by atoms with Crippen molar-refractivity contribution in [2.24, 2.45) is 0 Å². The normalized spacial score (nSPS) is 12.6. The number of thioether (sulfide) groups is 1. The van der Waals surface area contributed by atoms with Gasteiger partial charge in [-0.05, 0) is 26.1 Å². The largest absolute Gasteiger partial charge is 0.339 e. The second-order valence-corrected chi connectivity index (χ2v) is 5.15. The second-order valence-electron chi connectivity index (χ2n) is 4.10. The number of nitrogens with one attached hydrogen (secondary N) is 1. The van der Waals surface area contributed by atoms with Crippen LogP contribution in [-0.4, -0.2) is 23.2 Å². The predicted molar refractivity (Wildman–Crippen MR) is 72.5 cm³/mol. The molecule has 1 aromatic heterocycles. The summed E-state index contributed by atoms with van der Waals surface area (Å²) in [7, 11) is 1.92. The van der Waals surface area contributed by atoms with Gasteiger partial charge in [0.15, 0.2) is 5.82 Å². The van der Waals surface area contributed by atoms with Crippen LogP contribution in [0.15, 0.2) is 39.8 Å². The van der Waals surface area contributed by atoms with Crippen LogP contribution < -0.4 is 5.32 Å². The maximum atomic E-state index is 5.21. The lowest BCUT2D eigenvalue weighted by molar-refractivity contribution is 0.362. The molecule has 2 rings (SSSR count). The highest BCUT2D eigenvalue weighted by Crippen LogP contribution is 2.20. The van der Waals surface area contributed by atoms with Crippen molar-refractivity contribution in [3.63, 3.8) is 0 Å². The van der Waals surface area contributed by atoms with Gasteiger partial charge < -0.3 is 9.84 Å². The minimum Gasteiger partial charge on any atom is -0.339 e. The van der Waals surface area contributed by atoms with E-state index in [0.29, 0.717) is 11.9 Å². The van der Waals surface area contributed by atoms with Gasteiger partial charge in [0.05, 0.1) is 5.75 Å². The molecule has 0 aliphatic rings. The van der Waals surface area contributed by atoms with Gasteiger partial charge in [-0.1, -0.05) is 23.4 Å². The molecule has 5 heteroatoms. The van der Waals surface area contributed by atoms with Crippen molar-refractivity contribution < 1.29 is 4.52 Å². The molecule has 0 aliphatic carbocycles. The summed E-state index contributed by atoms with van der Waals surface area (Å²) in [5, 5.41) is 7.13. The lowest BCUT2D eigenvalue weighted by Crippen LogP contribution is -2.23. The van der Waals surface area contributed by atoms with Crippen molar-refractivity contribution in [2.45, 2.75) is 30.0 Å². The van der Waals surface area contributed by atoms with E-state index in [0.717, 1.165) is 18.0 Å². The molecule has 1 N–H and O–H groups in total. The van der Waals surface area contributed by atoms with Crippen molar-refractivity contribution in [1.82, 2.24) is 15.5 Å². The molecule has 0 bridgehead atoms. The van der Waals surface area contributed by atoms with Crippen molar-refractivity contribution in [3.8, 4) is 0 Å². The summed E-state index contributed by atoms with van der Waals surface area (Å²) in [6.45, 7) is 2.09. The van der Waals surface area contributed by atoms with Crippen LogP contribution in [0, 0.1) is 0 Å². The minimum atomic E-state index is 0.347. The fourth-order valence-electron chi connectivity index (χ4n) is 1.46. The molecule has 1 atom stereocenters. The fraction of sp³-hybridized carbons (Fsp3) is 0.385. The molecule has 96 valence electrons. The third-order valence-electron chi connectivity index (χ3n) is 2.59. The van der Waals surface area contributed by atoms with Gasteiger partial charge in [-0.3, -0.25) is 0 Å². The maximum Gasteiger partial charge on any atom is 0.228 e. The number of aromatic nitrogens is 2. The Kier molecular flexibility index (Phi) is 4.78. The van der Waals surface area contributed by atoms with Crippen LogP contribution >= 0.6 is 11.8 Å². The summed E-state index contributed by atoms with van der Waals surface area (Å²) < 4.78 is 5.21. The summed E-state index contributed by atoms with van der Waals surface area (Å²) in [4.78, 5) is 5.59. The third kappa shape index (κ3) is 3.85. The average molecular weight is 263 g/mol.